The number of hydrogen-bond acceptors (Lipinski definition) is 7. The molecular weight excluding hydrogens is 430 g/mol. The van der Waals surface area contributed by atoms with Gasteiger partial charge in [0.1, 0.15) is 12.8 Å². The van der Waals surface area contributed by atoms with E-state index in [4.69, 9.17) is 5.26 Å². The van der Waals surface area contributed by atoms with Crippen LogP contribution in [0, 0.1) is 17.2 Å². The molecule has 13 heteroatoms. The number of carboxylic acid groups (broad SMARTS) is 1. The third kappa shape index (κ3) is 3.98. The second-order valence-electron chi connectivity index (χ2n) is 6.84. The highest BCUT2D eigenvalue weighted by atomic mass is 19.4. The molecule has 1 aromatic carbocycles. The fourth-order valence-corrected chi connectivity index (χ4v) is 3.23. The van der Waals surface area contributed by atoms with Crippen molar-refractivity contribution >= 4 is 23.8 Å². The number of carbonyl (C=O) groups is 3. The standard InChI is InChI=1S/C18H17F4N3O6/c1-9(2)13(26)17(31-16(29)30)14(27)25(15(28)24(17)6-5-19)11-4-3-10(8-23)12(7-11)18(20,21)22/h3-4,7,9,13,26H,5-6H2,1-2H3,(H,29,30)/p-1. The van der Waals surface area contributed by atoms with E-state index in [0.717, 1.165) is 6.07 Å². The molecule has 1 N–H and O–H groups in total. The molecule has 1 fully saturated rings. The lowest BCUT2D eigenvalue weighted by Crippen LogP contribution is -2.64. The lowest BCUT2D eigenvalue weighted by molar-refractivity contribution is -0.308. The van der Waals surface area contributed by atoms with Crippen molar-refractivity contribution in [2.45, 2.75) is 31.9 Å². The number of rotatable bonds is 6. The summed E-state index contributed by atoms with van der Waals surface area (Å²) in [5.74, 6) is -2.47. The van der Waals surface area contributed by atoms with Crippen LogP contribution in [-0.4, -0.2) is 53.1 Å². The van der Waals surface area contributed by atoms with Gasteiger partial charge in [0.25, 0.3) is 12.1 Å². The molecule has 2 unspecified atom stereocenters. The van der Waals surface area contributed by atoms with Crippen LogP contribution in [-0.2, 0) is 15.7 Å². The normalized spacial score (nSPS) is 20.2. The van der Waals surface area contributed by atoms with Crippen molar-refractivity contribution in [1.82, 2.24) is 4.90 Å². The number of hydrogen-bond donors (Lipinski definition) is 1. The van der Waals surface area contributed by atoms with Crippen molar-refractivity contribution < 1.29 is 46.9 Å². The molecule has 1 aromatic rings. The number of nitrogens with zero attached hydrogens (tertiary/aromatic N) is 3. The zero-order valence-electron chi connectivity index (χ0n) is 16.1. The summed E-state index contributed by atoms with van der Waals surface area (Å²) in [5, 5.41) is 30.6. The fraction of sp³-hybridized carbons (Fsp3) is 0.444. The van der Waals surface area contributed by atoms with E-state index in [1.165, 1.54) is 19.9 Å². The molecule has 31 heavy (non-hydrogen) atoms. The maximum Gasteiger partial charge on any atom is 0.417 e. The zero-order chi connectivity index (χ0) is 23.7. The highest BCUT2D eigenvalue weighted by molar-refractivity contribution is 6.23. The van der Waals surface area contributed by atoms with Gasteiger partial charge < -0.3 is 19.7 Å². The van der Waals surface area contributed by atoms with Gasteiger partial charge >= 0.3 is 12.2 Å². The van der Waals surface area contributed by atoms with Crippen LogP contribution < -0.4 is 10.0 Å². The Morgan fingerprint density at radius 3 is 2.42 bits per heavy atom. The van der Waals surface area contributed by atoms with Gasteiger partial charge in [-0.25, -0.2) is 14.1 Å². The molecule has 9 nitrogen and oxygen atoms in total. The topological polar surface area (TPSA) is 134 Å². The van der Waals surface area contributed by atoms with E-state index in [9.17, 15) is 42.2 Å². The van der Waals surface area contributed by atoms with Crippen LogP contribution in [0.4, 0.5) is 32.8 Å². The second-order valence-corrected chi connectivity index (χ2v) is 6.84. The second kappa shape index (κ2) is 8.38. The van der Waals surface area contributed by atoms with Gasteiger partial charge in [0, 0.05) is 0 Å². The van der Waals surface area contributed by atoms with E-state index >= 15 is 0 Å². The van der Waals surface area contributed by atoms with Crippen molar-refractivity contribution in [3.8, 4) is 6.07 Å². The zero-order valence-corrected chi connectivity index (χ0v) is 16.1. The summed E-state index contributed by atoms with van der Waals surface area (Å²) in [6, 6.07) is 1.78. The summed E-state index contributed by atoms with van der Waals surface area (Å²) < 4.78 is 57.5. The molecule has 0 saturated carbocycles. The maximum atomic E-state index is 13.3. The van der Waals surface area contributed by atoms with Crippen molar-refractivity contribution in [2.24, 2.45) is 5.92 Å². The number of amides is 3. The molecule has 1 aliphatic heterocycles. The quantitative estimate of drug-likeness (QED) is 0.396. The summed E-state index contributed by atoms with van der Waals surface area (Å²) in [6.07, 6.45) is -9.37. The fourth-order valence-electron chi connectivity index (χ4n) is 3.23. The minimum absolute atomic E-state index is 0.126. The molecule has 0 aromatic heterocycles. The van der Waals surface area contributed by atoms with Crippen LogP contribution in [0.3, 0.4) is 0 Å². The molecule has 2 atom stereocenters. The lowest BCUT2D eigenvalue weighted by Gasteiger charge is -2.42. The van der Waals surface area contributed by atoms with Gasteiger partial charge in [0.05, 0.1) is 29.4 Å². The summed E-state index contributed by atoms with van der Waals surface area (Å²) in [5.41, 5.74) is -5.93. The number of imide groups is 1. The number of alkyl halides is 4. The average molecular weight is 446 g/mol. The third-order valence-electron chi connectivity index (χ3n) is 4.60. The van der Waals surface area contributed by atoms with Gasteiger partial charge in [-0.15, -0.1) is 0 Å². The summed E-state index contributed by atoms with van der Waals surface area (Å²) in [7, 11) is 0. The highest BCUT2D eigenvalue weighted by Crippen LogP contribution is 2.40. The SMILES string of the molecule is CC(C)C(O)C1(OC(=O)[O-])C(=O)N(c2ccc(C#N)c(C(F)(F)F)c2)C(=O)N1CCF. The number of aliphatic hydroxyl groups is 1. The third-order valence-corrected chi connectivity index (χ3v) is 4.60. The molecule has 1 saturated heterocycles. The number of anilines is 1. The number of urea groups is 1. The maximum absolute atomic E-state index is 13.3. The van der Waals surface area contributed by atoms with Crippen molar-refractivity contribution in [2.75, 3.05) is 18.1 Å². The van der Waals surface area contributed by atoms with E-state index in [1.54, 1.807) is 0 Å². The highest BCUT2D eigenvalue weighted by Gasteiger charge is 2.62. The number of aliphatic hydroxyl groups excluding tert-OH is 1. The predicted molar refractivity (Wildman–Crippen MR) is 91.8 cm³/mol. The van der Waals surface area contributed by atoms with Crippen LogP contribution in [0.2, 0.25) is 0 Å². The van der Waals surface area contributed by atoms with Crippen LogP contribution >= 0.6 is 0 Å². The first-order valence-electron chi connectivity index (χ1n) is 8.74. The molecule has 0 bridgehead atoms. The Hall–Kier alpha value is -3.40. The predicted octanol–water partition coefficient (Wildman–Crippen LogP) is 1.39. The lowest BCUT2D eigenvalue weighted by atomic mass is 9.94. The Balaban J connectivity index is 2.74. The molecular formula is C18H16F4N3O6-. The smallest absolute Gasteiger partial charge is 0.417 e. The molecule has 3 amide bonds. The molecule has 0 spiro atoms. The number of carbonyl (C=O) groups excluding carboxylic acids is 3. The van der Waals surface area contributed by atoms with Crippen molar-refractivity contribution in [3.05, 3.63) is 29.3 Å². The van der Waals surface area contributed by atoms with E-state index < -0.39 is 72.1 Å². The average Bonchev–Trinajstić information content (AvgIpc) is 2.87. The van der Waals surface area contributed by atoms with E-state index in [0.29, 0.717) is 12.1 Å². The number of benzene rings is 1. The van der Waals surface area contributed by atoms with Gasteiger partial charge in [-0.2, -0.15) is 18.4 Å². The molecule has 168 valence electrons. The van der Waals surface area contributed by atoms with Gasteiger partial charge in [-0.05, 0) is 24.1 Å². The van der Waals surface area contributed by atoms with Gasteiger partial charge in [-0.1, -0.05) is 13.8 Å². The van der Waals surface area contributed by atoms with Gasteiger partial charge in [0.2, 0.25) is 5.72 Å². The van der Waals surface area contributed by atoms with Crippen LogP contribution in [0.5, 0.6) is 0 Å². The molecule has 1 heterocycles. The monoisotopic (exact) mass is 446 g/mol. The number of halogens is 4. The number of nitriles is 1. The minimum atomic E-state index is -5.03. The Morgan fingerprint density at radius 1 is 1.35 bits per heavy atom. The van der Waals surface area contributed by atoms with Crippen molar-refractivity contribution in [3.63, 3.8) is 0 Å². The molecule has 1 aliphatic rings. The van der Waals surface area contributed by atoms with Gasteiger partial charge in [-0.3, -0.25) is 9.69 Å². The van der Waals surface area contributed by atoms with Gasteiger partial charge in [0.15, 0.2) is 0 Å². The first-order chi connectivity index (χ1) is 14.3. The van der Waals surface area contributed by atoms with E-state index in [1.807, 2.05) is 0 Å². The van der Waals surface area contributed by atoms with Crippen LogP contribution in [0.25, 0.3) is 0 Å². The molecule has 0 radical (unpaired) electrons. The summed E-state index contributed by atoms with van der Waals surface area (Å²) >= 11 is 0. The number of ether oxygens (including phenoxy) is 1. The van der Waals surface area contributed by atoms with E-state index in [-0.39, 0.29) is 9.80 Å². The Kier molecular flexibility index (Phi) is 6.46. The van der Waals surface area contributed by atoms with Crippen molar-refractivity contribution in [1.29, 1.82) is 5.26 Å². The Labute approximate surface area is 173 Å². The first-order valence-corrected chi connectivity index (χ1v) is 8.74. The van der Waals surface area contributed by atoms with E-state index in [2.05, 4.69) is 4.74 Å². The molecule has 2 rings (SSSR count). The van der Waals surface area contributed by atoms with Crippen LogP contribution in [0.1, 0.15) is 25.0 Å². The Morgan fingerprint density at radius 2 is 1.97 bits per heavy atom. The largest absolute Gasteiger partial charge is 0.513 e. The first kappa shape index (κ1) is 23.9. The molecule has 0 aliphatic carbocycles. The summed E-state index contributed by atoms with van der Waals surface area (Å²) in [6.45, 7) is 0.461. The van der Waals surface area contributed by atoms with Crippen LogP contribution in [0.15, 0.2) is 18.2 Å². The summed E-state index contributed by atoms with van der Waals surface area (Å²) in [4.78, 5) is 37.6. The minimum Gasteiger partial charge on any atom is -0.513 e. The Bertz CT molecular complexity index is 945.